The van der Waals surface area contributed by atoms with Gasteiger partial charge in [-0.1, -0.05) is 0 Å². The summed E-state index contributed by atoms with van der Waals surface area (Å²) in [7, 11) is 0. The number of hydrogen-bond donors (Lipinski definition) is 2. The van der Waals surface area contributed by atoms with Gasteiger partial charge in [0.15, 0.2) is 5.69 Å². The van der Waals surface area contributed by atoms with Crippen molar-refractivity contribution in [2.24, 2.45) is 0 Å². The van der Waals surface area contributed by atoms with Gasteiger partial charge in [-0.25, -0.2) is 4.68 Å². The summed E-state index contributed by atoms with van der Waals surface area (Å²) in [6.07, 6.45) is -8.18. The van der Waals surface area contributed by atoms with Gasteiger partial charge >= 0.3 is 12.4 Å². The Morgan fingerprint density at radius 2 is 1.50 bits per heavy atom. The van der Waals surface area contributed by atoms with Crippen molar-refractivity contribution in [1.29, 1.82) is 0 Å². The molecule has 168 valence electrons. The van der Waals surface area contributed by atoms with Crippen LogP contribution in [-0.2, 0) is 17.1 Å². The van der Waals surface area contributed by atoms with E-state index in [2.05, 4.69) is 15.7 Å². The minimum absolute atomic E-state index is 0.0168. The molecular formula is C20H14F6N4O2. The summed E-state index contributed by atoms with van der Waals surface area (Å²) < 4.78 is 78.1. The predicted molar refractivity (Wildman–Crippen MR) is 102 cm³/mol. The Balaban J connectivity index is 1.84. The van der Waals surface area contributed by atoms with Crippen LogP contribution in [0.25, 0.3) is 5.69 Å². The summed E-state index contributed by atoms with van der Waals surface area (Å²) in [5.74, 6) is -1.35. The van der Waals surface area contributed by atoms with Gasteiger partial charge in [0.1, 0.15) is 0 Å². The van der Waals surface area contributed by atoms with Crippen molar-refractivity contribution in [3.63, 3.8) is 0 Å². The van der Waals surface area contributed by atoms with E-state index in [0.717, 1.165) is 36.0 Å². The summed E-state index contributed by atoms with van der Waals surface area (Å²) in [5.41, 5.74) is -2.18. The molecule has 0 aliphatic carbocycles. The van der Waals surface area contributed by atoms with Crippen LogP contribution in [0.1, 0.15) is 28.5 Å². The van der Waals surface area contributed by atoms with Crippen molar-refractivity contribution in [2.75, 3.05) is 10.6 Å². The number of carbonyl (C=O) groups is 2. The van der Waals surface area contributed by atoms with Crippen LogP contribution in [-0.4, -0.2) is 21.6 Å². The molecule has 0 aliphatic rings. The molecule has 0 aliphatic heterocycles. The first-order valence-corrected chi connectivity index (χ1v) is 8.88. The monoisotopic (exact) mass is 456 g/mol. The summed E-state index contributed by atoms with van der Waals surface area (Å²) in [4.78, 5) is 23.8. The van der Waals surface area contributed by atoms with Crippen molar-refractivity contribution in [3.8, 4) is 5.69 Å². The van der Waals surface area contributed by atoms with E-state index in [9.17, 15) is 35.9 Å². The molecule has 1 aromatic heterocycles. The third kappa shape index (κ3) is 5.25. The van der Waals surface area contributed by atoms with E-state index >= 15 is 0 Å². The maximum Gasteiger partial charge on any atom is 0.435 e. The van der Waals surface area contributed by atoms with Gasteiger partial charge < -0.3 is 10.6 Å². The van der Waals surface area contributed by atoms with E-state index in [1.54, 1.807) is 0 Å². The number of amides is 2. The molecule has 3 rings (SSSR count). The largest absolute Gasteiger partial charge is 0.435 e. The van der Waals surface area contributed by atoms with Crippen molar-refractivity contribution < 1.29 is 35.9 Å². The van der Waals surface area contributed by atoms with Crippen LogP contribution in [0.2, 0.25) is 0 Å². The molecule has 0 spiro atoms. The highest BCUT2D eigenvalue weighted by Gasteiger charge is 2.34. The van der Waals surface area contributed by atoms with E-state index in [-0.39, 0.29) is 22.6 Å². The van der Waals surface area contributed by atoms with Gasteiger partial charge in [0.25, 0.3) is 5.91 Å². The number of alkyl halides is 6. The highest BCUT2D eigenvalue weighted by atomic mass is 19.4. The standard InChI is InChI=1S/C20H14F6N4O2/c1-11(31)27-15-7-4-13(19(21,22)23)10-16(15)28-18(32)12-2-5-14(6-3-12)30-9-8-17(29-30)20(24,25)26/h2-10H,1H3,(H,27,31)(H,28,32). The Hall–Kier alpha value is -3.83. The van der Waals surface area contributed by atoms with Crippen molar-refractivity contribution in [3.05, 3.63) is 71.5 Å². The number of anilines is 2. The molecule has 0 saturated heterocycles. The quantitative estimate of drug-likeness (QED) is 0.535. The zero-order valence-electron chi connectivity index (χ0n) is 16.2. The average molecular weight is 456 g/mol. The number of benzene rings is 2. The normalized spacial score (nSPS) is 11.8. The molecule has 0 saturated carbocycles. The molecule has 32 heavy (non-hydrogen) atoms. The maximum absolute atomic E-state index is 13.0. The highest BCUT2D eigenvalue weighted by molar-refractivity contribution is 6.07. The fourth-order valence-corrected chi connectivity index (χ4v) is 2.70. The van der Waals surface area contributed by atoms with E-state index in [1.807, 2.05) is 0 Å². The Morgan fingerprint density at radius 3 is 2.03 bits per heavy atom. The van der Waals surface area contributed by atoms with Crippen LogP contribution in [0.3, 0.4) is 0 Å². The number of rotatable bonds is 4. The number of hydrogen-bond acceptors (Lipinski definition) is 3. The zero-order chi connectivity index (χ0) is 23.7. The lowest BCUT2D eigenvalue weighted by Gasteiger charge is -2.15. The van der Waals surface area contributed by atoms with Crippen LogP contribution >= 0.6 is 0 Å². The van der Waals surface area contributed by atoms with Gasteiger partial charge in [0.05, 0.1) is 22.6 Å². The maximum atomic E-state index is 13.0. The second-order valence-corrected chi connectivity index (χ2v) is 6.58. The molecule has 12 heteroatoms. The van der Waals surface area contributed by atoms with Gasteiger partial charge in [-0.05, 0) is 48.5 Å². The number of carbonyl (C=O) groups excluding carboxylic acids is 2. The Morgan fingerprint density at radius 1 is 0.844 bits per heavy atom. The van der Waals surface area contributed by atoms with Crippen molar-refractivity contribution in [2.45, 2.75) is 19.3 Å². The third-order valence-corrected chi connectivity index (χ3v) is 4.18. The topological polar surface area (TPSA) is 76.0 Å². The van der Waals surface area contributed by atoms with E-state index in [4.69, 9.17) is 0 Å². The molecule has 2 aromatic carbocycles. The molecule has 2 N–H and O–H groups in total. The molecule has 0 atom stereocenters. The Labute approximate surface area is 176 Å². The average Bonchev–Trinajstić information content (AvgIpc) is 3.19. The molecule has 2 amide bonds. The fraction of sp³-hybridized carbons (Fsp3) is 0.150. The number of halogens is 6. The van der Waals surface area contributed by atoms with E-state index < -0.39 is 35.4 Å². The number of nitrogens with zero attached hydrogens (tertiary/aromatic N) is 2. The molecule has 3 aromatic rings. The molecule has 0 radical (unpaired) electrons. The van der Waals surface area contributed by atoms with Crippen molar-refractivity contribution >= 4 is 23.2 Å². The molecule has 1 heterocycles. The number of aromatic nitrogens is 2. The first-order valence-electron chi connectivity index (χ1n) is 8.88. The Kier molecular flexibility index (Phi) is 5.97. The minimum Gasteiger partial charge on any atom is -0.325 e. The molecule has 0 unspecified atom stereocenters. The first-order chi connectivity index (χ1) is 14.8. The van der Waals surface area contributed by atoms with E-state index in [0.29, 0.717) is 6.07 Å². The molecule has 0 bridgehead atoms. The highest BCUT2D eigenvalue weighted by Crippen LogP contribution is 2.34. The summed E-state index contributed by atoms with van der Waals surface area (Å²) >= 11 is 0. The molecule has 0 fully saturated rings. The van der Waals surface area contributed by atoms with Gasteiger partial charge in [0, 0.05) is 18.7 Å². The minimum atomic E-state index is -4.67. The zero-order valence-corrected chi connectivity index (χ0v) is 16.2. The van der Waals surface area contributed by atoms with Gasteiger partial charge in [-0.15, -0.1) is 0 Å². The van der Waals surface area contributed by atoms with Crippen LogP contribution in [0.4, 0.5) is 37.7 Å². The molecular weight excluding hydrogens is 442 g/mol. The van der Waals surface area contributed by atoms with Crippen LogP contribution in [0.15, 0.2) is 54.7 Å². The lowest BCUT2D eigenvalue weighted by Crippen LogP contribution is -2.16. The second-order valence-electron chi connectivity index (χ2n) is 6.58. The van der Waals surface area contributed by atoms with Crippen LogP contribution in [0.5, 0.6) is 0 Å². The molecule has 6 nitrogen and oxygen atoms in total. The van der Waals surface area contributed by atoms with Gasteiger partial charge in [-0.2, -0.15) is 31.4 Å². The lowest BCUT2D eigenvalue weighted by atomic mass is 10.1. The van der Waals surface area contributed by atoms with Crippen LogP contribution < -0.4 is 10.6 Å². The first kappa shape index (κ1) is 22.8. The number of nitrogens with one attached hydrogen (secondary N) is 2. The second kappa shape index (κ2) is 8.36. The van der Waals surface area contributed by atoms with Gasteiger partial charge in [-0.3, -0.25) is 9.59 Å². The van der Waals surface area contributed by atoms with Gasteiger partial charge in [0.2, 0.25) is 5.91 Å². The summed E-state index contributed by atoms with van der Waals surface area (Å²) in [6.45, 7) is 1.15. The predicted octanol–water partition coefficient (Wildman–Crippen LogP) is 5.12. The van der Waals surface area contributed by atoms with E-state index in [1.165, 1.54) is 24.3 Å². The lowest BCUT2D eigenvalue weighted by molar-refractivity contribution is -0.141. The smallest absolute Gasteiger partial charge is 0.325 e. The SMILES string of the molecule is CC(=O)Nc1ccc(C(F)(F)F)cc1NC(=O)c1ccc(-n2ccc(C(F)(F)F)n2)cc1. The van der Waals surface area contributed by atoms with Crippen molar-refractivity contribution in [1.82, 2.24) is 9.78 Å². The summed E-state index contributed by atoms with van der Waals surface area (Å²) in [5, 5.41) is 8.04. The summed E-state index contributed by atoms with van der Waals surface area (Å²) in [6, 6.07) is 8.42. The fourth-order valence-electron chi connectivity index (χ4n) is 2.70. The Bertz CT molecular complexity index is 1150. The van der Waals surface area contributed by atoms with Crippen LogP contribution in [0, 0.1) is 0 Å². The third-order valence-electron chi connectivity index (χ3n) is 4.18.